The van der Waals surface area contributed by atoms with Crippen LogP contribution in [0.15, 0.2) is 39.8 Å². The van der Waals surface area contributed by atoms with Crippen molar-refractivity contribution in [2.75, 3.05) is 5.32 Å². The lowest BCUT2D eigenvalue weighted by atomic mass is 10.2. The van der Waals surface area contributed by atoms with Crippen molar-refractivity contribution in [1.29, 1.82) is 0 Å². The highest BCUT2D eigenvalue weighted by atomic mass is 32.2. The Balaban J connectivity index is 2.08. The SMILES string of the molecule is CCC(OC(=O)c1ccccc1SC(F)F)C(=O)Nc1cc(C)on1. The first kappa shape index (κ1) is 18.9. The highest BCUT2D eigenvalue weighted by molar-refractivity contribution is 7.99. The largest absolute Gasteiger partial charge is 0.449 e. The number of hydrogen-bond acceptors (Lipinski definition) is 6. The zero-order valence-corrected chi connectivity index (χ0v) is 14.3. The standard InChI is InChI=1S/C16H16F2N2O4S/c1-3-11(14(21)19-13-8-9(2)24-20-13)23-15(22)10-6-4-5-7-12(10)25-16(17)18/h4-8,11,16H,3H2,1-2H3,(H,19,20,21). The predicted octanol–water partition coefficient (Wildman–Crippen LogP) is 3.87. The molecule has 0 fully saturated rings. The summed E-state index contributed by atoms with van der Waals surface area (Å²) >= 11 is 0.245. The number of halogens is 2. The van der Waals surface area contributed by atoms with Gasteiger partial charge >= 0.3 is 5.97 Å². The third-order valence-corrected chi connectivity index (χ3v) is 3.90. The Morgan fingerprint density at radius 3 is 2.68 bits per heavy atom. The number of carbonyl (C=O) groups excluding carboxylic acids is 2. The maximum Gasteiger partial charge on any atom is 0.340 e. The summed E-state index contributed by atoms with van der Waals surface area (Å²) in [5.41, 5.74) is -0.0173. The lowest BCUT2D eigenvalue weighted by molar-refractivity contribution is -0.124. The molecule has 1 atom stereocenters. The molecule has 2 aromatic rings. The minimum atomic E-state index is -2.67. The Morgan fingerprint density at radius 2 is 2.08 bits per heavy atom. The molecule has 0 radical (unpaired) electrons. The topological polar surface area (TPSA) is 81.4 Å². The monoisotopic (exact) mass is 370 g/mol. The van der Waals surface area contributed by atoms with Crippen molar-refractivity contribution in [3.63, 3.8) is 0 Å². The number of thioether (sulfide) groups is 1. The van der Waals surface area contributed by atoms with Gasteiger partial charge in [-0.05, 0) is 25.5 Å². The van der Waals surface area contributed by atoms with Gasteiger partial charge in [-0.25, -0.2) is 4.79 Å². The van der Waals surface area contributed by atoms with Crippen LogP contribution in [-0.2, 0) is 9.53 Å². The second-order valence-corrected chi connectivity index (χ2v) is 6.02. The Bertz CT molecular complexity index is 751. The number of hydrogen-bond donors (Lipinski definition) is 1. The number of benzene rings is 1. The predicted molar refractivity (Wildman–Crippen MR) is 87.7 cm³/mol. The van der Waals surface area contributed by atoms with Crippen LogP contribution in [0.1, 0.15) is 29.5 Å². The van der Waals surface area contributed by atoms with Gasteiger partial charge in [0.25, 0.3) is 11.7 Å². The number of ether oxygens (including phenoxy) is 1. The molecule has 0 saturated carbocycles. The summed E-state index contributed by atoms with van der Waals surface area (Å²) in [5, 5.41) is 6.09. The van der Waals surface area contributed by atoms with Crippen molar-refractivity contribution < 1.29 is 27.6 Å². The van der Waals surface area contributed by atoms with E-state index in [-0.39, 0.29) is 34.5 Å². The van der Waals surface area contributed by atoms with Crippen LogP contribution in [0, 0.1) is 6.92 Å². The lowest BCUT2D eigenvalue weighted by Gasteiger charge is -2.16. The van der Waals surface area contributed by atoms with Crippen molar-refractivity contribution in [2.45, 2.75) is 37.0 Å². The van der Waals surface area contributed by atoms with Gasteiger partial charge in [0.1, 0.15) is 5.76 Å². The van der Waals surface area contributed by atoms with Crippen LogP contribution in [-0.4, -0.2) is 28.9 Å². The van der Waals surface area contributed by atoms with E-state index < -0.39 is 23.7 Å². The summed E-state index contributed by atoms with van der Waals surface area (Å²) < 4.78 is 35.2. The molecule has 1 heterocycles. The molecule has 0 aliphatic heterocycles. The van der Waals surface area contributed by atoms with E-state index >= 15 is 0 Å². The number of esters is 1. The second-order valence-electron chi connectivity index (χ2n) is 4.99. The summed E-state index contributed by atoms with van der Waals surface area (Å²) in [6.07, 6.45) is -0.882. The molecule has 0 saturated heterocycles. The van der Waals surface area contributed by atoms with Gasteiger partial charge in [0.2, 0.25) is 0 Å². The normalized spacial score (nSPS) is 12.0. The summed E-state index contributed by atoms with van der Waals surface area (Å²) in [6.45, 7) is 3.32. The Morgan fingerprint density at radius 1 is 1.36 bits per heavy atom. The van der Waals surface area contributed by atoms with Gasteiger partial charge in [-0.2, -0.15) is 8.78 Å². The van der Waals surface area contributed by atoms with Gasteiger partial charge in [-0.1, -0.05) is 36.0 Å². The van der Waals surface area contributed by atoms with E-state index in [0.29, 0.717) is 5.76 Å². The highest BCUT2D eigenvalue weighted by Crippen LogP contribution is 2.29. The van der Waals surface area contributed by atoms with E-state index in [2.05, 4.69) is 10.5 Å². The molecule has 134 valence electrons. The maximum absolute atomic E-state index is 12.6. The zero-order chi connectivity index (χ0) is 18.4. The van der Waals surface area contributed by atoms with E-state index in [0.717, 1.165) is 0 Å². The third-order valence-electron chi connectivity index (χ3n) is 3.11. The molecular weight excluding hydrogens is 354 g/mol. The van der Waals surface area contributed by atoms with Crippen LogP contribution < -0.4 is 5.32 Å². The van der Waals surface area contributed by atoms with E-state index in [1.54, 1.807) is 19.9 Å². The van der Waals surface area contributed by atoms with Crippen molar-refractivity contribution >= 4 is 29.5 Å². The number of aryl methyl sites for hydroxylation is 1. The number of anilines is 1. The molecule has 1 aromatic carbocycles. The number of rotatable bonds is 7. The molecule has 1 aromatic heterocycles. The number of alkyl halides is 2. The van der Waals surface area contributed by atoms with Crippen molar-refractivity contribution in [1.82, 2.24) is 5.16 Å². The second kappa shape index (κ2) is 8.61. The number of nitrogens with one attached hydrogen (secondary N) is 1. The molecule has 9 heteroatoms. The third kappa shape index (κ3) is 5.28. The van der Waals surface area contributed by atoms with Gasteiger partial charge < -0.3 is 14.6 Å². The van der Waals surface area contributed by atoms with Crippen molar-refractivity contribution in [2.24, 2.45) is 0 Å². The van der Waals surface area contributed by atoms with Crippen LogP contribution in [0.5, 0.6) is 0 Å². The van der Waals surface area contributed by atoms with Crippen LogP contribution in [0.3, 0.4) is 0 Å². The molecule has 0 aliphatic rings. The molecule has 25 heavy (non-hydrogen) atoms. The minimum absolute atomic E-state index is 0.0173. The van der Waals surface area contributed by atoms with E-state index in [9.17, 15) is 18.4 Å². The van der Waals surface area contributed by atoms with E-state index in [1.807, 2.05) is 0 Å². The summed E-state index contributed by atoms with van der Waals surface area (Å²) in [4.78, 5) is 24.6. The van der Waals surface area contributed by atoms with Crippen molar-refractivity contribution in [3.8, 4) is 0 Å². The Hall–Kier alpha value is -2.42. The van der Waals surface area contributed by atoms with Gasteiger partial charge in [0.15, 0.2) is 11.9 Å². The molecule has 2 rings (SSSR count). The summed E-state index contributed by atoms with van der Waals surface area (Å²) in [6, 6.07) is 7.36. The quantitative estimate of drug-likeness (QED) is 0.589. The Kier molecular flexibility index (Phi) is 6.51. The fourth-order valence-electron chi connectivity index (χ4n) is 1.98. The highest BCUT2D eigenvalue weighted by Gasteiger charge is 2.25. The fourth-order valence-corrected chi connectivity index (χ4v) is 2.61. The molecule has 0 aliphatic carbocycles. The smallest absolute Gasteiger partial charge is 0.340 e. The van der Waals surface area contributed by atoms with E-state index in [1.165, 1.54) is 24.3 Å². The van der Waals surface area contributed by atoms with Gasteiger partial charge in [-0.3, -0.25) is 4.79 Å². The van der Waals surface area contributed by atoms with Crippen LogP contribution in [0.25, 0.3) is 0 Å². The summed E-state index contributed by atoms with van der Waals surface area (Å²) in [5.74, 6) is -3.39. The first-order chi connectivity index (χ1) is 11.9. The summed E-state index contributed by atoms with van der Waals surface area (Å²) in [7, 11) is 0. The minimum Gasteiger partial charge on any atom is -0.449 e. The van der Waals surface area contributed by atoms with Crippen LogP contribution in [0.4, 0.5) is 14.6 Å². The average molecular weight is 370 g/mol. The molecule has 1 amide bonds. The molecule has 6 nitrogen and oxygen atoms in total. The maximum atomic E-state index is 12.6. The van der Waals surface area contributed by atoms with Crippen LogP contribution in [0.2, 0.25) is 0 Å². The average Bonchev–Trinajstić information content (AvgIpc) is 2.97. The first-order valence-corrected chi connectivity index (χ1v) is 8.27. The van der Waals surface area contributed by atoms with Gasteiger partial charge in [0.05, 0.1) is 5.56 Å². The van der Waals surface area contributed by atoms with Crippen molar-refractivity contribution in [3.05, 3.63) is 41.7 Å². The first-order valence-electron chi connectivity index (χ1n) is 7.39. The number of amides is 1. The molecule has 0 spiro atoms. The Labute approximate surface area is 146 Å². The van der Waals surface area contributed by atoms with Gasteiger partial charge in [-0.15, -0.1) is 0 Å². The fraction of sp³-hybridized carbons (Fsp3) is 0.312. The van der Waals surface area contributed by atoms with Gasteiger partial charge in [0, 0.05) is 11.0 Å². The van der Waals surface area contributed by atoms with E-state index in [4.69, 9.17) is 9.26 Å². The molecular formula is C16H16F2N2O4S. The molecule has 0 bridgehead atoms. The number of carbonyl (C=O) groups is 2. The molecule has 1 N–H and O–H groups in total. The lowest BCUT2D eigenvalue weighted by Crippen LogP contribution is -2.32. The van der Waals surface area contributed by atoms with Crippen LogP contribution >= 0.6 is 11.8 Å². The molecule has 1 unspecified atom stereocenters. The number of aromatic nitrogens is 1. The zero-order valence-electron chi connectivity index (χ0n) is 13.5. The number of nitrogens with zero attached hydrogens (tertiary/aromatic N) is 1.